The summed E-state index contributed by atoms with van der Waals surface area (Å²) in [6, 6.07) is 12.3. The second-order valence-corrected chi connectivity index (χ2v) is 6.14. The van der Waals surface area contributed by atoms with Gasteiger partial charge in [-0.05, 0) is 35.9 Å². The van der Waals surface area contributed by atoms with E-state index in [4.69, 9.17) is 23.2 Å². The molecule has 0 atom stereocenters. The molecular formula is C17H17Cl2N3O2. The molecule has 7 heteroatoms. The lowest BCUT2D eigenvalue weighted by Crippen LogP contribution is -2.34. The number of rotatable bonds is 4. The Balaban J connectivity index is 1.89. The van der Waals surface area contributed by atoms with Gasteiger partial charge in [0.2, 0.25) is 0 Å². The highest BCUT2D eigenvalue weighted by molar-refractivity contribution is 6.42. The molecule has 0 saturated carbocycles. The predicted octanol–water partition coefficient (Wildman–Crippen LogP) is 3.31. The van der Waals surface area contributed by atoms with Crippen LogP contribution in [0.1, 0.15) is 5.56 Å². The molecule has 2 N–H and O–H groups in total. The average molecular weight is 366 g/mol. The van der Waals surface area contributed by atoms with Gasteiger partial charge in [0, 0.05) is 32.0 Å². The number of anilines is 2. The van der Waals surface area contributed by atoms with Gasteiger partial charge in [0.15, 0.2) is 0 Å². The molecule has 0 fully saturated rings. The molecule has 2 aromatic rings. The van der Waals surface area contributed by atoms with Crippen molar-refractivity contribution in [3.05, 3.63) is 58.1 Å². The van der Waals surface area contributed by atoms with Crippen molar-refractivity contribution in [2.24, 2.45) is 0 Å². The third-order valence-corrected chi connectivity index (χ3v) is 4.03. The first kappa shape index (κ1) is 18.1. The summed E-state index contributed by atoms with van der Waals surface area (Å²) in [5.41, 5.74) is 2.36. The van der Waals surface area contributed by atoms with Crippen molar-refractivity contribution in [3.63, 3.8) is 0 Å². The van der Waals surface area contributed by atoms with Crippen molar-refractivity contribution in [1.82, 2.24) is 5.32 Å². The van der Waals surface area contributed by atoms with Crippen molar-refractivity contribution in [2.75, 3.05) is 24.3 Å². The fourth-order valence-corrected chi connectivity index (χ4v) is 2.23. The third-order valence-electron chi connectivity index (χ3n) is 3.29. The van der Waals surface area contributed by atoms with E-state index in [0.29, 0.717) is 15.7 Å². The normalized spacial score (nSPS) is 10.2. The molecule has 2 amide bonds. The summed E-state index contributed by atoms with van der Waals surface area (Å²) >= 11 is 11.7. The van der Waals surface area contributed by atoms with Crippen LogP contribution in [0.25, 0.3) is 0 Å². The van der Waals surface area contributed by atoms with Gasteiger partial charge in [0.1, 0.15) is 0 Å². The molecule has 0 aromatic heterocycles. The first-order valence-electron chi connectivity index (χ1n) is 7.17. The Bertz CT molecular complexity index is 746. The standard InChI is InChI=1S/C17H17Cl2N3O2/c1-22(2)13-6-3-11(4-7-13)10-20-16(23)17(24)21-12-5-8-14(18)15(19)9-12/h3-9H,10H2,1-2H3,(H,20,23)(H,21,24). The maximum atomic E-state index is 11.9. The lowest BCUT2D eigenvalue weighted by Gasteiger charge is -2.13. The summed E-state index contributed by atoms with van der Waals surface area (Å²) < 4.78 is 0. The number of nitrogens with one attached hydrogen (secondary N) is 2. The zero-order valence-electron chi connectivity index (χ0n) is 13.3. The molecule has 0 saturated heterocycles. The third kappa shape index (κ3) is 4.88. The lowest BCUT2D eigenvalue weighted by molar-refractivity contribution is -0.136. The van der Waals surface area contributed by atoms with Crippen LogP contribution in [0.5, 0.6) is 0 Å². The van der Waals surface area contributed by atoms with Gasteiger partial charge in [-0.15, -0.1) is 0 Å². The second kappa shape index (κ2) is 8.04. The summed E-state index contributed by atoms with van der Waals surface area (Å²) in [5, 5.41) is 5.72. The van der Waals surface area contributed by atoms with Crippen molar-refractivity contribution in [1.29, 1.82) is 0 Å². The van der Waals surface area contributed by atoms with Crippen LogP contribution in [0.15, 0.2) is 42.5 Å². The molecule has 0 aliphatic rings. The van der Waals surface area contributed by atoms with E-state index in [2.05, 4.69) is 10.6 Å². The molecule has 2 rings (SSSR count). The minimum atomic E-state index is -0.765. The second-order valence-electron chi connectivity index (χ2n) is 5.33. The van der Waals surface area contributed by atoms with Gasteiger partial charge < -0.3 is 15.5 Å². The van der Waals surface area contributed by atoms with Crippen molar-refractivity contribution >= 4 is 46.4 Å². The van der Waals surface area contributed by atoms with E-state index in [1.54, 1.807) is 12.1 Å². The number of hydrogen-bond acceptors (Lipinski definition) is 3. The number of hydrogen-bond donors (Lipinski definition) is 2. The Morgan fingerprint density at radius 3 is 2.21 bits per heavy atom. The minimum absolute atomic E-state index is 0.265. The number of nitrogens with zero attached hydrogens (tertiary/aromatic N) is 1. The fraction of sp³-hybridized carbons (Fsp3) is 0.176. The van der Waals surface area contributed by atoms with Gasteiger partial charge in [-0.3, -0.25) is 9.59 Å². The van der Waals surface area contributed by atoms with Crippen LogP contribution in [0.2, 0.25) is 10.0 Å². The van der Waals surface area contributed by atoms with E-state index in [0.717, 1.165) is 11.3 Å². The number of amides is 2. The molecule has 0 bridgehead atoms. The highest BCUT2D eigenvalue weighted by atomic mass is 35.5. The molecule has 0 heterocycles. The molecule has 0 aliphatic carbocycles. The Hall–Kier alpha value is -2.24. The summed E-state index contributed by atoms with van der Waals surface area (Å²) in [4.78, 5) is 25.7. The van der Waals surface area contributed by atoms with Gasteiger partial charge >= 0.3 is 11.8 Å². The average Bonchev–Trinajstić information content (AvgIpc) is 2.56. The van der Waals surface area contributed by atoms with Gasteiger partial charge in [-0.1, -0.05) is 35.3 Å². The Morgan fingerprint density at radius 1 is 0.958 bits per heavy atom. The van der Waals surface area contributed by atoms with Crippen LogP contribution in [-0.4, -0.2) is 25.9 Å². The van der Waals surface area contributed by atoms with Crippen molar-refractivity contribution < 1.29 is 9.59 Å². The van der Waals surface area contributed by atoms with Crippen LogP contribution in [0.4, 0.5) is 11.4 Å². The zero-order valence-corrected chi connectivity index (χ0v) is 14.8. The van der Waals surface area contributed by atoms with Gasteiger partial charge in [-0.25, -0.2) is 0 Å². The Labute approximate surface area is 150 Å². The molecule has 126 valence electrons. The number of carbonyl (C=O) groups is 2. The van der Waals surface area contributed by atoms with Crippen LogP contribution in [0, 0.1) is 0 Å². The zero-order chi connectivity index (χ0) is 17.7. The van der Waals surface area contributed by atoms with Gasteiger partial charge in [-0.2, -0.15) is 0 Å². The summed E-state index contributed by atoms with van der Waals surface area (Å²) in [6.45, 7) is 0.265. The molecular weight excluding hydrogens is 349 g/mol. The lowest BCUT2D eigenvalue weighted by atomic mass is 10.2. The van der Waals surface area contributed by atoms with Crippen molar-refractivity contribution in [3.8, 4) is 0 Å². The predicted molar refractivity (Wildman–Crippen MR) is 97.7 cm³/mol. The van der Waals surface area contributed by atoms with E-state index in [9.17, 15) is 9.59 Å². The van der Waals surface area contributed by atoms with Gasteiger partial charge in [0.25, 0.3) is 0 Å². The van der Waals surface area contributed by atoms with E-state index in [1.165, 1.54) is 6.07 Å². The van der Waals surface area contributed by atoms with E-state index in [-0.39, 0.29) is 6.54 Å². The highest BCUT2D eigenvalue weighted by Gasteiger charge is 2.14. The maximum Gasteiger partial charge on any atom is 0.313 e. The number of halogens is 2. The van der Waals surface area contributed by atoms with Crippen molar-refractivity contribution in [2.45, 2.75) is 6.54 Å². The summed E-state index contributed by atoms with van der Waals surface area (Å²) in [7, 11) is 3.90. The largest absolute Gasteiger partial charge is 0.378 e. The first-order valence-corrected chi connectivity index (χ1v) is 7.93. The van der Waals surface area contributed by atoms with Crippen LogP contribution in [0.3, 0.4) is 0 Å². The highest BCUT2D eigenvalue weighted by Crippen LogP contribution is 2.24. The van der Waals surface area contributed by atoms with E-state index >= 15 is 0 Å². The van der Waals surface area contributed by atoms with Gasteiger partial charge in [0.05, 0.1) is 10.0 Å². The Kier molecular flexibility index (Phi) is 6.06. The molecule has 0 unspecified atom stereocenters. The minimum Gasteiger partial charge on any atom is -0.378 e. The van der Waals surface area contributed by atoms with E-state index < -0.39 is 11.8 Å². The SMILES string of the molecule is CN(C)c1ccc(CNC(=O)C(=O)Nc2ccc(Cl)c(Cl)c2)cc1. The molecule has 0 aliphatic heterocycles. The van der Waals surface area contributed by atoms with Crippen LogP contribution in [-0.2, 0) is 16.1 Å². The summed E-state index contributed by atoms with van der Waals surface area (Å²) in [6.07, 6.45) is 0. The first-order chi connectivity index (χ1) is 11.4. The van der Waals surface area contributed by atoms with Crippen LogP contribution < -0.4 is 15.5 Å². The fourth-order valence-electron chi connectivity index (χ4n) is 1.94. The molecule has 5 nitrogen and oxygen atoms in total. The molecule has 0 radical (unpaired) electrons. The Morgan fingerprint density at radius 2 is 1.62 bits per heavy atom. The topological polar surface area (TPSA) is 61.4 Å². The number of benzene rings is 2. The molecule has 0 spiro atoms. The smallest absolute Gasteiger partial charge is 0.313 e. The number of carbonyl (C=O) groups excluding carboxylic acids is 2. The molecule has 24 heavy (non-hydrogen) atoms. The van der Waals surface area contributed by atoms with E-state index in [1.807, 2.05) is 43.3 Å². The quantitative estimate of drug-likeness (QED) is 0.817. The maximum absolute atomic E-state index is 11.9. The summed E-state index contributed by atoms with van der Waals surface area (Å²) in [5.74, 6) is -1.49. The monoisotopic (exact) mass is 365 g/mol. The molecule has 2 aromatic carbocycles. The van der Waals surface area contributed by atoms with Crippen LogP contribution >= 0.6 is 23.2 Å².